The lowest BCUT2D eigenvalue weighted by molar-refractivity contribution is 0.102. The van der Waals surface area contributed by atoms with Gasteiger partial charge in [0.05, 0.1) is 31.0 Å². The third-order valence-electron chi connectivity index (χ3n) is 4.51. The molecule has 0 spiro atoms. The number of hydrogen-bond donors (Lipinski definition) is 2. The summed E-state index contributed by atoms with van der Waals surface area (Å²) in [6.45, 7) is 2.03. The molecule has 0 atom stereocenters. The fourth-order valence-corrected chi connectivity index (χ4v) is 3.93. The highest BCUT2D eigenvalue weighted by Gasteiger charge is 2.16. The lowest BCUT2D eigenvalue weighted by Crippen LogP contribution is -2.13. The van der Waals surface area contributed by atoms with Gasteiger partial charge in [-0.2, -0.15) is 0 Å². The smallest absolute Gasteiger partial charge is 0.255 e. The molecule has 0 saturated carbocycles. The number of aromatic nitrogens is 2. The van der Waals surface area contributed by atoms with Gasteiger partial charge in [0.2, 0.25) is 0 Å². The van der Waals surface area contributed by atoms with E-state index in [1.54, 1.807) is 49.8 Å². The number of methoxy groups -OCH3 is 2. The summed E-state index contributed by atoms with van der Waals surface area (Å²) in [5.74, 6) is 1.47. The Morgan fingerprint density at radius 3 is 2.40 bits per heavy atom. The number of ether oxygens (including phenoxy) is 2. The molecule has 4 aromatic rings. The number of fused-ring (bicyclic) bond motifs is 1. The van der Waals surface area contributed by atoms with Crippen LogP contribution in [0.2, 0.25) is 0 Å². The Kier molecular flexibility index (Phi) is 5.49. The second-order valence-corrected chi connectivity index (χ2v) is 7.73. The molecule has 2 N–H and O–H groups in total. The van der Waals surface area contributed by atoms with Crippen molar-refractivity contribution in [2.75, 3.05) is 24.9 Å². The first kappa shape index (κ1) is 19.7. The van der Waals surface area contributed by atoms with Crippen molar-refractivity contribution in [1.82, 2.24) is 9.97 Å². The minimum Gasteiger partial charge on any atom is -0.494 e. The van der Waals surface area contributed by atoms with E-state index in [1.165, 1.54) is 6.33 Å². The van der Waals surface area contributed by atoms with Crippen molar-refractivity contribution in [2.45, 2.75) is 6.92 Å². The van der Waals surface area contributed by atoms with Gasteiger partial charge in [0, 0.05) is 22.6 Å². The Balaban J connectivity index is 1.68. The van der Waals surface area contributed by atoms with Crippen molar-refractivity contribution in [1.29, 1.82) is 0 Å². The standard InChI is InChI=1S/C22H20N4O3S/c1-13-9-15-20(23-12-24-22(15)30-13)25-16-10-19(29-3)17(11-18(16)28-2)26-21(27)14-7-5-4-6-8-14/h4-12H,1-3H3,(H,26,27)(H,23,24,25). The number of anilines is 3. The van der Waals surface area contributed by atoms with E-state index >= 15 is 0 Å². The molecule has 0 unspecified atom stereocenters. The Bertz CT molecular complexity index is 1210. The van der Waals surface area contributed by atoms with Crippen LogP contribution >= 0.6 is 11.3 Å². The number of rotatable bonds is 6. The monoisotopic (exact) mass is 420 g/mol. The molecular weight excluding hydrogens is 400 g/mol. The van der Waals surface area contributed by atoms with Gasteiger partial charge in [-0.15, -0.1) is 11.3 Å². The zero-order valence-corrected chi connectivity index (χ0v) is 17.5. The molecular formula is C22H20N4O3S. The normalized spacial score (nSPS) is 10.6. The van der Waals surface area contributed by atoms with Gasteiger partial charge in [-0.05, 0) is 25.1 Å². The SMILES string of the molecule is COc1cc(Nc2ncnc3sc(C)cc23)c(OC)cc1NC(=O)c1ccccc1. The zero-order valence-electron chi connectivity index (χ0n) is 16.7. The summed E-state index contributed by atoms with van der Waals surface area (Å²) in [6, 6.07) is 14.5. The van der Waals surface area contributed by atoms with Gasteiger partial charge < -0.3 is 20.1 Å². The van der Waals surface area contributed by atoms with Crippen LogP contribution in [0.3, 0.4) is 0 Å². The number of nitrogens with one attached hydrogen (secondary N) is 2. The maximum absolute atomic E-state index is 12.6. The molecule has 1 amide bonds. The molecule has 30 heavy (non-hydrogen) atoms. The van der Waals surface area contributed by atoms with Crippen LogP contribution < -0.4 is 20.1 Å². The largest absolute Gasteiger partial charge is 0.494 e. The van der Waals surface area contributed by atoms with E-state index in [-0.39, 0.29) is 5.91 Å². The first-order valence-electron chi connectivity index (χ1n) is 9.19. The molecule has 2 aromatic heterocycles. The van der Waals surface area contributed by atoms with E-state index in [9.17, 15) is 4.79 Å². The van der Waals surface area contributed by atoms with Crippen molar-refractivity contribution in [3.8, 4) is 11.5 Å². The van der Waals surface area contributed by atoms with Crippen LogP contribution in [-0.4, -0.2) is 30.1 Å². The molecule has 0 aliphatic heterocycles. The fourth-order valence-electron chi connectivity index (χ4n) is 3.08. The number of aryl methyl sites for hydroxylation is 1. The molecule has 0 saturated heterocycles. The first-order chi connectivity index (χ1) is 14.6. The predicted molar refractivity (Wildman–Crippen MR) is 119 cm³/mol. The molecule has 2 aromatic carbocycles. The number of carbonyl (C=O) groups is 1. The highest BCUT2D eigenvalue weighted by molar-refractivity contribution is 7.18. The van der Waals surface area contributed by atoms with Gasteiger partial charge in [0.25, 0.3) is 5.91 Å². The minimum absolute atomic E-state index is 0.233. The summed E-state index contributed by atoms with van der Waals surface area (Å²) in [6.07, 6.45) is 1.53. The lowest BCUT2D eigenvalue weighted by Gasteiger charge is -2.16. The Hall–Kier alpha value is -3.65. The van der Waals surface area contributed by atoms with E-state index in [0.29, 0.717) is 34.3 Å². The fraction of sp³-hybridized carbons (Fsp3) is 0.136. The molecule has 0 aliphatic carbocycles. The summed E-state index contributed by atoms with van der Waals surface area (Å²) in [7, 11) is 3.12. The van der Waals surface area contributed by atoms with Gasteiger partial charge in [-0.3, -0.25) is 4.79 Å². The van der Waals surface area contributed by atoms with Crippen LogP contribution in [-0.2, 0) is 0 Å². The van der Waals surface area contributed by atoms with Gasteiger partial charge in [0.15, 0.2) is 0 Å². The second kappa shape index (κ2) is 8.38. The van der Waals surface area contributed by atoms with Crippen molar-refractivity contribution >= 4 is 44.7 Å². The Labute approximate surface area is 177 Å². The summed E-state index contributed by atoms with van der Waals surface area (Å²) >= 11 is 1.61. The molecule has 7 nitrogen and oxygen atoms in total. The maximum Gasteiger partial charge on any atom is 0.255 e. The highest BCUT2D eigenvalue weighted by atomic mass is 32.1. The number of benzene rings is 2. The Morgan fingerprint density at radius 1 is 0.967 bits per heavy atom. The Morgan fingerprint density at radius 2 is 1.67 bits per heavy atom. The van der Waals surface area contributed by atoms with E-state index < -0.39 is 0 Å². The van der Waals surface area contributed by atoms with Crippen molar-refractivity contribution < 1.29 is 14.3 Å². The quantitative estimate of drug-likeness (QED) is 0.456. The van der Waals surface area contributed by atoms with Crippen LogP contribution in [0.5, 0.6) is 11.5 Å². The predicted octanol–water partition coefficient (Wildman–Crippen LogP) is 5.01. The van der Waals surface area contributed by atoms with Crippen molar-refractivity contribution in [2.24, 2.45) is 0 Å². The summed E-state index contributed by atoms with van der Waals surface area (Å²) < 4.78 is 11.1. The molecule has 0 radical (unpaired) electrons. The van der Waals surface area contributed by atoms with E-state index in [4.69, 9.17) is 9.47 Å². The summed E-state index contributed by atoms with van der Waals surface area (Å²) in [5, 5.41) is 7.12. The molecule has 2 heterocycles. The topological polar surface area (TPSA) is 85.4 Å². The van der Waals surface area contributed by atoms with Crippen LogP contribution in [0.4, 0.5) is 17.2 Å². The van der Waals surface area contributed by atoms with E-state index in [0.717, 1.165) is 15.1 Å². The molecule has 152 valence electrons. The van der Waals surface area contributed by atoms with E-state index in [1.807, 2.05) is 31.2 Å². The summed E-state index contributed by atoms with van der Waals surface area (Å²) in [5.41, 5.74) is 1.72. The number of carbonyl (C=O) groups excluding carboxylic acids is 1. The number of amides is 1. The number of thiophene rings is 1. The lowest BCUT2D eigenvalue weighted by atomic mass is 10.2. The molecule has 0 bridgehead atoms. The van der Waals surface area contributed by atoms with Gasteiger partial charge in [-0.1, -0.05) is 18.2 Å². The first-order valence-corrected chi connectivity index (χ1v) is 10.0. The van der Waals surface area contributed by atoms with Gasteiger partial charge in [-0.25, -0.2) is 9.97 Å². The number of hydrogen-bond acceptors (Lipinski definition) is 7. The van der Waals surface area contributed by atoms with Gasteiger partial charge in [0.1, 0.15) is 28.5 Å². The molecule has 8 heteroatoms. The average molecular weight is 420 g/mol. The van der Waals surface area contributed by atoms with Gasteiger partial charge >= 0.3 is 0 Å². The highest BCUT2D eigenvalue weighted by Crippen LogP contribution is 2.39. The van der Waals surface area contributed by atoms with Crippen LogP contribution in [0.25, 0.3) is 10.2 Å². The second-order valence-electron chi connectivity index (χ2n) is 6.50. The zero-order chi connectivity index (χ0) is 21.1. The molecule has 4 rings (SSSR count). The van der Waals surface area contributed by atoms with Crippen LogP contribution in [0.1, 0.15) is 15.2 Å². The number of nitrogens with zero attached hydrogens (tertiary/aromatic N) is 2. The maximum atomic E-state index is 12.6. The molecule has 0 fully saturated rings. The molecule has 0 aliphatic rings. The van der Waals surface area contributed by atoms with Crippen molar-refractivity contribution in [3.05, 3.63) is 65.3 Å². The van der Waals surface area contributed by atoms with E-state index in [2.05, 4.69) is 20.6 Å². The van der Waals surface area contributed by atoms with Crippen molar-refractivity contribution in [3.63, 3.8) is 0 Å². The summed E-state index contributed by atoms with van der Waals surface area (Å²) in [4.78, 5) is 23.3. The van der Waals surface area contributed by atoms with Crippen LogP contribution in [0.15, 0.2) is 54.9 Å². The third kappa shape index (κ3) is 3.90. The third-order valence-corrected chi connectivity index (χ3v) is 5.47. The minimum atomic E-state index is -0.233. The average Bonchev–Trinajstić information content (AvgIpc) is 3.16. The van der Waals surface area contributed by atoms with Crippen LogP contribution in [0, 0.1) is 6.92 Å².